The zero-order chi connectivity index (χ0) is 13.2. The molecule has 0 saturated carbocycles. The van der Waals surface area contributed by atoms with Crippen molar-refractivity contribution >= 4 is 33.1 Å². The van der Waals surface area contributed by atoms with Gasteiger partial charge >= 0.3 is 0 Å². The lowest BCUT2D eigenvalue weighted by Gasteiger charge is -2.06. The summed E-state index contributed by atoms with van der Waals surface area (Å²) in [7, 11) is -3.66. The van der Waals surface area contributed by atoms with E-state index in [4.69, 9.17) is 16.7 Å². The van der Waals surface area contributed by atoms with Gasteiger partial charge in [-0.1, -0.05) is 11.6 Å². The molecule has 7 heteroatoms. The maximum absolute atomic E-state index is 11.1. The van der Waals surface area contributed by atoms with Crippen LogP contribution in [0.25, 0.3) is 0 Å². The number of rotatable bonds is 3. The van der Waals surface area contributed by atoms with Crippen molar-refractivity contribution in [1.82, 2.24) is 4.98 Å². The van der Waals surface area contributed by atoms with Crippen molar-refractivity contribution in [2.45, 2.75) is 4.90 Å². The Labute approximate surface area is 110 Å². The van der Waals surface area contributed by atoms with Crippen LogP contribution in [0.15, 0.2) is 47.5 Å². The minimum absolute atomic E-state index is 0.0621. The van der Waals surface area contributed by atoms with Crippen molar-refractivity contribution in [2.24, 2.45) is 5.14 Å². The Morgan fingerprint density at radius 1 is 1.17 bits per heavy atom. The average molecular weight is 284 g/mol. The Kier molecular flexibility index (Phi) is 3.51. The van der Waals surface area contributed by atoms with E-state index in [0.29, 0.717) is 16.5 Å². The van der Waals surface area contributed by atoms with Gasteiger partial charge in [0.15, 0.2) is 0 Å². The number of nitrogens with one attached hydrogen (secondary N) is 1. The van der Waals surface area contributed by atoms with Gasteiger partial charge in [0.2, 0.25) is 10.0 Å². The van der Waals surface area contributed by atoms with Crippen LogP contribution in [0.5, 0.6) is 0 Å². The third-order valence-corrected chi connectivity index (χ3v) is 3.34. The summed E-state index contributed by atoms with van der Waals surface area (Å²) < 4.78 is 22.1. The van der Waals surface area contributed by atoms with Crippen molar-refractivity contribution in [3.05, 3.63) is 47.6 Å². The van der Waals surface area contributed by atoms with E-state index in [1.54, 1.807) is 30.5 Å². The summed E-state index contributed by atoms with van der Waals surface area (Å²) in [5, 5.41) is 8.56. The summed E-state index contributed by atoms with van der Waals surface area (Å²) in [6.45, 7) is 0. The van der Waals surface area contributed by atoms with Crippen molar-refractivity contribution in [1.29, 1.82) is 0 Å². The summed E-state index contributed by atoms with van der Waals surface area (Å²) in [5.41, 5.74) is 0.692. The van der Waals surface area contributed by atoms with E-state index >= 15 is 0 Å². The molecule has 0 aliphatic rings. The fourth-order valence-corrected chi connectivity index (χ4v) is 2.02. The molecule has 0 radical (unpaired) electrons. The maximum Gasteiger partial charge on any atom is 0.238 e. The van der Waals surface area contributed by atoms with Gasteiger partial charge in [-0.2, -0.15) is 0 Å². The van der Waals surface area contributed by atoms with E-state index in [2.05, 4.69) is 10.3 Å². The number of nitrogens with zero attached hydrogens (tertiary/aromatic N) is 1. The molecule has 0 fully saturated rings. The van der Waals surface area contributed by atoms with Crippen molar-refractivity contribution in [3.8, 4) is 0 Å². The molecular weight excluding hydrogens is 274 g/mol. The molecule has 1 aromatic carbocycles. The molecule has 0 atom stereocenters. The number of anilines is 2. The molecule has 5 nitrogen and oxygen atoms in total. The smallest absolute Gasteiger partial charge is 0.238 e. The number of sulfonamides is 1. The van der Waals surface area contributed by atoms with E-state index in [0.717, 1.165) is 0 Å². The molecule has 0 spiro atoms. The van der Waals surface area contributed by atoms with Gasteiger partial charge in [-0.3, -0.25) is 0 Å². The lowest BCUT2D eigenvalue weighted by atomic mass is 10.3. The molecule has 0 aliphatic heterocycles. The summed E-state index contributed by atoms with van der Waals surface area (Å²) in [5.74, 6) is 0.575. The number of hydrogen-bond acceptors (Lipinski definition) is 4. The lowest BCUT2D eigenvalue weighted by Crippen LogP contribution is -2.11. The maximum atomic E-state index is 11.1. The van der Waals surface area contributed by atoms with Crippen LogP contribution in [0.3, 0.4) is 0 Å². The van der Waals surface area contributed by atoms with Crippen LogP contribution in [0, 0.1) is 0 Å². The molecule has 2 aromatic rings. The van der Waals surface area contributed by atoms with Gasteiger partial charge in [0.25, 0.3) is 0 Å². The Morgan fingerprint density at radius 2 is 1.83 bits per heavy atom. The molecule has 0 aliphatic carbocycles. The Balaban J connectivity index is 2.21. The van der Waals surface area contributed by atoms with E-state index in [1.807, 2.05) is 0 Å². The van der Waals surface area contributed by atoms with E-state index < -0.39 is 10.0 Å². The highest BCUT2D eigenvalue weighted by atomic mass is 35.5. The first-order chi connectivity index (χ1) is 8.45. The molecule has 3 N–H and O–H groups in total. The van der Waals surface area contributed by atoms with Gasteiger partial charge < -0.3 is 5.32 Å². The molecule has 0 amide bonds. The summed E-state index contributed by atoms with van der Waals surface area (Å²) >= 11 is 5.82. The van der Waals surface area contributed by atoms with E-state index in [9.17, 15) is 8.42 Å². The molecule has 0 saturated heterocycles. The van der Waals surface area contributed by atoms with Crippen LogP contribution in [0.1, 0.15) is 0 Å². The van der Waals surface area contributed by atoms with Crippen LogP contribution < -0.4 is 10.5 Å². The van der Waals surface area contributed by atoms with Crippen LogP contribution >= 0.6 is 11.6 Å². The molecule has 0 bridgehead atoms. The first-order valence-electron chi connectivity index (χ1n) is 4.96. The highest BCUT2D eigenvalue weighted by molar-refractivity contribution is 7.89. The molecule has 94 valence electrons. The molecule has 0 unspecified atom stereocenters. The standard InChI is InChI=1S/C11H10ClN3O2S/c12-8-5-6-14-11(7-8)15-9-1-3-10(4-2-9)18(13,16)17/h1-7H,(H,14,15)(H2,13,16,17). The summed E-state index contributed by atoms with van der Waals surface area (Å²) in [4.78, 5) is 4.13. The second-order valence-corrected chi connectivity index (χ2v) is 5.55. The molecule has 2 rings (SSSR count). The van der Waals surface area contributed by atoms with Crippen LogP contribution in [-0.4, -0.2) is 13.4 Å². The molecule has 1 heterocycles. The van der Waals surface area contributed by atoms with Crippen LogP contribution in [0.2, 0.25) is 5.02 Å². The third-order valence-electron chi connectivity index (χ3n) is 2.18. The highest BCUT2D eigenvalue weighted by Gasteiger charge is 2.06. The highest BCUT2D eigenvalue weighted by Crippen LogP contribution is 2.19. The number of primary sulfonamides is 1. The predicted octanol–water partition coefficient (Wildman–Crippen LogP) is 2.13. The minimum atomic E-state index is -3.66. The zero-order valence-electron chi connectivity index (χ0n) is 9.17. The van der Waals surface area contributed by atoms with Crippen molar-refractivity contribution in [2.75, 3.05) is 5.32 Å². The van der Waals surface area contributed by atoms with Gasteiger partial charge in [0.05, 0.1) is 4.90 Å². The first-order valence-corrected chi connectivity index (χ1v) is 6.89. The minimum Gasteiger partial charge on any atom is -0.340 e. The SMILES string of the molecule is NS(=O)(=O)c1ccc(Nc2cc(Cl)ccn2)cc1. The third kappa shape index (κ3) is 3.19. The van der Waals surface area contributed by atoms with Gasteiger partial charge in [-0.15, -0.1) is 0 Å². The second-order valence-electron chi connectivity index (χ2n) is 3.55. The van der Waals surface area contributed by atoms with Crippen molar-refractivity contribution < 1.29 is 8.42 Å². The first kappa shape index (κ1) is 12.8. The Hall–Kier alpha value is -1.63. The number of benzene rings is 1. The van der Waals surface area contributed by atoms with Gasteiger partial charge in [0.1, 0.15) is 5.82 Å². The summed E-state index contributed by atoms with van der Waals surface area (Å²) in [6.07, 6.45) is 1.57. The molecule has 18 heavy (non-hydrogen) atoms. The van der Waals surface area contributed by atoms with Crippen LogP contribution in [-0.2, 0) is 10.0 Å². The number of nitrogens with two attached hydrogens (primary N) is 1. The largest absolute Gasteiger partial charge is 0.340 e. The van der Waals surface area contributed by atoms with E-state index in [1.165, 1.54) is 12.1 Å². The normalized spacial score (nSPS) is 11.2. The summed E-state index contributed by atoms with van der Waals surface area (Å²) in [6, 6.07) is 9.36. The fraction of sp³-hybridized carbons (Fsp3) is 0. The quantitative estimate of drug-likeness (QED) is 0.903. The lowest BCUT2D eigenvalue weighted by molar-refractivity contribution is 0.598. The molecule has 1 aromatic heterocycles. The van der Waals surface area contributed by atoms with Gasteiger partial charge in [-0.05, 0) is 36.4 Å². The van der Waals surface area contributed by atoms with E-state index in [-0.39, 0.29) is 4.90 Å². The predicted molar refractivity (Wildman–Crippen MR) is 70.3 cm³/mol. The fourth-order valence-electron chi connectivity index (χ4n) is 1.35. The topological polar surface area (TPSA) is 85.1 Å². The number of halogens is 1. The Bertz CT molecular complexity index is 656. The second kappa shape index (κ2) is 4.93. The van der Waals surface area contributed by atoms with Crippen LogP contribution in [0.4, 0.5) is 11.5 Å². The Morgan fingerprint density at radius 3 is 2.39 bits per heavy atom. The zero-order valence-corrected chi connectivity index (χ0v) is 10.7. The number of aromatic nitrogens is 1. The van der Waals surface area contributed by atoms with Crippen molar-refractivity contribution in [3.63, 3.8) is 0 Å². The number of pyridine rings is 1. The van der Waals surface area contributed by atoms with Gasteiger partial charge in [-0.25, -0.2) is 18.5 Å². The molecular formula is C11H10ClN3O2S. The number of hydrogen-bond donors (Lipinski definition) is 2. The average Bonchev–Trinajstić information content (AvgIpc) is 2.28. The monoisotopic (exact) mass is 283 g/mol. The van der Waals surface area contributed by atoms with Gasteiger partial charge in [0, 0.05) is 16.9 Å².